The molecule has 1 heterocycles. The minimum Gasteiger partial charge on any atom is -0.388 e. The lowest BCUT2D eigenvalue weighted by Crippen LogP contribution is -2.54. The van der Waals surface area contributed by atoms with Gasteiger partial charge in [-0.1, -0.05) is 6.92 Å². The quantitative estimate of drug-likeness (QED) is 0.478. The molecule has 2 aliphatic carbocycles. The predicted octanol–water partition coefficient (Wildman–Crippen LogP) is 5.73. The van der Waals surface area contributed by atoms with Gasteiger partial charge in [0.15, 0.2) is 5.60 Å². The normalized spacial score (nSPS) is 30.0. The number of aromatic nitrogens is 2. The van der Waals surface area contributed by atoms with E-state index in [0.29, 0.717) is 30.5 Å². The first-order valence-corrected chi connectivity index (χ1v) is 11.3. The summed E-state index contributed by atoms with van der Waals surface area (Å²) >= 11 is 0. The van der Waals surface area contributed by atoms with Crippen LogP contribution in [-0.4, -0.2) is 31.8 Å². The Hall–Kier alpha value is -2.45. The maximum atomic E-state index is 13.7. The Labute approximate surface area is 188 Å². The average molecular weight is 462 g/mol. The van der Waals surface area contributed by atoms with Crippen LogP contribution in [0.15, 0.2) is 42.6 Å². The molecule has 4 nitrogen and oxygen atoms in total. The van der Waals surface area contributed by atoms with Crippen LogP contribution in [0.4, 0.5) is 17.6 Å². The van der Waals surface area contributed by atoms with E-state index in [1.54, 1.807) is 23.0 Å². The van der Waals surface area contributed by atoms with E-state index in [1.165, 1.54) is 12.1 Å². The van der Waals surface area contributed by atoms with Crippen LogP contribution in [0.1, 0.15) is 62.7 Å². The van der Waals surface area contributed by atoms with E-state index in [-0.39, 0.29) is 25.1 Å². The number of halogens is 4. The number of hydrogen-bond acceptors (Lipinski definition) is 3. The maximum absolute atomic E-state index is 13.7. The van der Waals surface area contributed by atoms with Crippen LogP contribution >= 0.6 is 0 Å². The molecule has 3 aromatic rings. The van der Waals surface area contributed by atoms with Crippen LogP contribution in [0.25, 0.3) is 16.6 Å². The van der Waals surface area contributed by atoms with Crippen LogP contribution in [0.3, 0.4) is 0 Å². The van der Waals surface area contributed by atoms with E-state index < -0.39 is 29.2 Å². The third-order valence-electron chi connectivity index (χ3n) is 8.00. The van der Waals surface area contributed by atoms with Crippen LogP contribution in [-0.2, 0) is 5.41 Å². The van der Waals surface area contributed by atoms with Gasteiger partial charge in [-0.15, -0.1) is 0 Å². The van der Waals surface area contributed by atoms with Gasteiger partial charge < -0.3 is 10.2 Å². The Morgan fingerprint density at radius 2 is 1.85 bits per heavy atom. The molecule has 0 bridgehead atoms. The molecule has 0 spiro atoms. The van der Waals surface area contributed by atoms with Crippen molar-refractivity contribution in [1.29, 1.82) is 0 Å². The molecule has 2 aliphatic rings. The predicted molar refractivity (Wildman–Crippen MR) is 116 cm³/mol. The highest BCUT2D eigenvalue weighted by molar-refractivity contribution is 5.83. The molecule has 2 N–H and O–H groups in total. The summed E-state index contributed by atoms with van der Waals surface area (Å²) in [6.07, 6.45) is -3.00. The SMILES string of the molecule is CC[C@@]12CC[C@](O)(C(F)(F)F)C[C@H]1CC[C@H](O)c1cc3c(cnn3-c3ccc(F)cc3)cc12. The molecular formula is C25H26F4N2O2. The van der Waals surface area contributed by atoms with Gasteiger partial charge in [0, 0.05) is 5.39 Å². The third-order valence-corrected chi connectivity index (χ3v) is 8.00. The molecule has 0 radical (unpaired) electrons. The number of aliphatic hydroxyl groups is 2. The molecule has 2 aromatic carbocycles. The number of nitrogens with zero attached hydrogens (tertiary/aromatic N) is 2. The summed E-state index contributed by atoms with van der Waals surface area (Å²) in [5, 5.41) is 26.7. The number of hydrogen-bond donors (Lipinski definition) is 2. The zero-order chi connectivity index (χ0) is 23.6. The van der Waals surface area contributed by atoms with Gasteiger partial charge >= 0.3 is 6.18 Å². The summed E-state index contributed by atoms with van der Waals surface area (Å²) in [5.74, 6) is -0.755. The van der Waals surface area contributed by atoms with Crippen molar-refractivity contribution in [3.8, 4) is 5.69 Å². The van der Waals surface area contributed by atoms with Crippen LogP contribution < -0.4 is 0 Å². The van der Waals surface area contributed by atoms with Crippen molar-refractivity contribution < 1.29 is 27.8 Å². The number of alkyl halides is 3. The largest absolute Gasteiger partial charge is 0.417 e. The van der Waals surface area contributed by atoms with Crippen molar-refractivity contribution in [1.82, 2.24) is 9.78 Å². The lowest BCUT2D eigenvalue weighted by Gasteiger charge is -2.50. The number of aliphatic hydroxyl groups excluding tert-OH is 1. The fourth-order valence-corrected chi connectivity index (χ4v) is 6.08. The summed E-state index contributed by atoms with van der Waals surface area (Å²) in [7, 11) is 0. The van der Waals surface area contributed by atoms with E-state index >= 15 is 0 Å². The molecule has 176 valence electrons. The van der Waals surface area contributed by atoms with Crippen molar-refractivity contribution in [3.05, 3.63) is 59.5 Å². The van der Waals surface area contributed by atoms with Crippen molar-refractivity contribution >= 4 is 10.9 Å². The zero-order valence-electron chi connectivity index (χ0n) is 18.2. The van der Waals surface area contributed by atoms with Gasteiger partial charge in [-0.2, -0.15) is 18.3 Å². The van der Waals surface area contributed by atoms with E-state index in [4.69, 9.17) is 0 Å². The van der Waals surface area contributed by atoms with Gasteiger partial charge in [0.1, 0.15) is 5.82 Å². The summed E-state index contributed by atoms with van der Waals surface area (Å²) in [6.45, 7) is 1.97. The van der Waals surface area contributed by atoms with E-state index in [2.05, 4.69) is 5.10 Å². The molecule has 0 amide bonds. The summed E-state index contributed by atoms with van der Waals surface area (Å²) in [5.41, 5.74) is -0.277. The Balaban J connectivity index is 1.65. The summed E-state index contributed by atoms with van der Waals surface area (Å²) in [4.78, 5) is 0. The highest BCUT2D eigenvalue weighted by Gasteiger charge is 2.60. The molecule has 8 heteroatoms. The van der Waals surface area contributed by atoms with Gasteiger partial charge in [0.2, 0.25) is 0 Å². The lowest BCUT2D eigenvalue weighted by atomic mass is 9.56. The highest BCUT2D eigenvalue weighted by Crippen LogP contribution is 2.58. The monoisotopic (exact) mass is 462 g/mol. The van der Waals surface area contributed by atoms with Crippen molar-refractivity contribution in [2.75, 3.05) is 0 Å². The van der Waals surface area contributed by atoms with Crippen molar-refractivity contribution in [2.45, 2.75) is 68.7 Å². The standard InChI is InChI=1S/C25H26F4N2O2/c1-2-23-9-10-24(33,25(27,28)29)13-16(23)3-8-22(32)19-12-21-15(11-20(19)23)14-30-31(21)18-6-4-17(26)5-7-18/h4-7,11-12,14,16,22,32-33H,2-3,8-10,13H2,1H3/t16-,22+,23-,24-/m1/s1. The first kappa shape index (κ1) is 22.3. The maximum Gasteiger partial charge on any atom is 0.417 e. The first-order valence-electron chi connectivity index (χ1n) is 11.3. The van der Waals surface area contributed by atoms with Gasteiger partial charge in [-0.05, 0) is 97.4 Å². The molecular weight excluding hydrogens is 436 g/mol. The van der Waals surface area contributed by atoms with Gasteiger partial charge in [-0.3, -0.25) is 0 Å². The van der Waals surface area contributed by atoms with Crippen LogP contribution in [0.2, 0.25) is 0 Å². The Morgan fingerprint density at radius 3 is 2.52 bits per heavy atom. The molecule has 33 heavy (non-hydrogen) atoms. The topological polar surface area (TPSA) is 58.3 Å². The molecule has 0 saturated heterocycles. The van der Waals surface area contributed by atoms with E-state index in [1.807, 2.05) is 19.1 Å². The van der Waals surface area contributed by atoms with Crippen LogP contribution in [0, 0.1) is 11.7 Å². The van der Waals surface area contributed by atoms with Crippen LogP contribution in [0.5, 0.6) is 0 Å². The Bertz CT molecular complexity index is 1190. The van der Waals surface area contributed by atoms with Gasteiger partial charge in [0.25, 0.3) is 0 Å². The summed E-state index contributed by atoms with van der Waals surface area (Å²) < 4.78 is 56.0. The number of fused-ring (bicyclic) bond motifs is 4. The molecule has 1 fully saturated rings. The average Bonchev–Trinajstić information content (AvgIpc) is 3.15. The molecule has 4 atom stereocenters. The minimum absolute atomic E-state index is 0.196. The smallest absolute Gasteiger partial charge is 0.388 e. The molecule has 0 unspecified atom stereocenters. The zero-order valence-corrected chi connectivity index (χ0v) is 18.2. The number of benzene rings is 2. The highest BCUT2D eigenvalue weighted by atomic mass is 19.4. The fourth-order valence-electron chi connectivity index (χ4n) is 6.08. The fraction of sp³-hybridized carbons (Fsp3) is 0.480. The molecule has 1 aromatic heterocycles. The minimum atomic E-state index is -4.68. The first-order chi connectivity index (χ1) is 15.6. The van der Waals surface area contributed by atoms with Gasteiger partial charge in [-0.25, -0.2) is 9.07 Å². The number of rotatable bonds is 2. The summed E-state index contributed by atoms with van der Waals surface area (Å²) in [6, 6.07) is 9.75. The second-order valence-electron chi connectivity index (χ2n) is 9.56. The Kier molecular flexibility index (Phi) is 5.10. The molecule has 1 saturated carbocycles. The molecule has 0 aliphatic heterocycles. The second-order valence-corrected chi connectivity index (χ2v) is 9.56. The second kappa shape index (κ2) is 7.53. The van der Waals surface area contributed by atoms with Crippen molar-refractivity contribution in [2.24, 2.45) is 5.92 Å². The van der Waals surface area contributed by atoms with E-state index in [9.17, 15) is 27.8 Å². The Morgan fingerprint density at radius 1 is 1.12 bits per heavy atom. The third kappa shape index (κ3) is 3.37. The van der Waals surface area contributed by atoms with Crippen molar-refractivity contribution in [3.63, 3.8) is 0 Å². The van der Waals surface area contributed by atoms with Gasteiger partial charge in [0.05, 0.1) is 23.5 Å². The molecule has 5 rings (SSSR count). The lowest BCUT2D eigenvalue weighted by molar-refractivity contribution is -0.279. The van der Waals surface area contributed by atoms with E-state index in [0.717, 1.165) is 16.5 Å².